The van der Waals surface area contributed by atoms with Crippen molar-refractivity contribution in [1.82, 2.24) is 30.0 Å². The fourth-order valence-corrected chi connectivity index (χ4v) is 7.71. The van der Waals surface area contributed by atoms with Crippen LogP contribution in [0.2, 0.25) is 5.02 Å². The zero-order valence-corrected chi connectivity index (χ0v) is 28.4. The van der Waals surface area contributed by atoms with Crippen molar-refractivity contribution in [3.8, 4) is 6.01 Å². The number of nitrogens with two attached hydrogens (primary N) is 1. The van der Waals surface area contributed by atoms with Crippen molar-refractivity contribution < 1.29 is 36.2 Å². The number of aryl methyl sites for hydroxylation is 1. The Balaban J connectivity index is 0.00000103. The van der Waals surface area contributed by atoms with Crippen molar-refractivity contribution in [2.24, 2.45) is 0 Å². The number of nitrogen functional groups attached to an aromatic ring is 1. The summed E-state index contributed by atoms with van der Waals surface area (Å²) in [6.45, 7) is 8.28. The first-order chi connectivity index (χ1) is 23.7. The van der Waals surface area contributed by atoms with Crippen LogP contribution in [0, 0.1) is 6.92 Å². The van der Waals surface area contributed by atoms with Gasteiger partial charge in [0.2, 0.25) is 0 Å². The first-order valence-electron chi connectivity index (χ1n) is 16.3. The number of carbonyl (C=O) groups is 1. The molecule has 11 nitrogen and oxygen atoms in total. The molecule has 0 aliphatic carbocycles. The minimum absolute atomic E-state index is 0.0186. The van der Waals surface area contributed by atoms with Crippen LogP contribution in [0.25, 0.3) is 0 Å². The number of ether oxygens (including phenoxy) is 2. The molecular formula is C33H38ClF5N8O3. The van der Waals surface area contributed by atoms with Crippen LogP contribution in [0.3, 0.4) is 0 Å². The molecule has 1 amide bonds. The van der Waals surface area contributed by atoms with Crippen LogP contribution in [0.5, 0.6) is 6.01 Å². The molecule has 17 heteroatoms. The molecule has 3 N–H and O–H groups in total. The number of halogens is 6. The molecule has 0 radical (unpaired) electrons. The van der Waals surface area contributed by atoms with Gasteiger partial charge in [0.05, 0.1) is 46.8 Å². The fraction of sp³-hybridized carbons (Fsp3) is 0.515. The zero-order chi connectivity index (χ0) is 36.0. The second-order valence-corrected chi connectivity index (χ2v) is 13.3. The first-order valence-corrected chi connectivity index (χ1v) is 16.7. The molecule has 0 spiro atoms. The molecule has 50 heavy (non-hydrogen) atoms. The Bertz CT molecular complexity index is 1800. The normalized spacial score (nSPS) is 21.5. The predicted molar refractivity (Wildman–Crippen MR) is 175 cm³/mol. The molecule has 2 atom stereocenters. The molecule has 0 saturated carbocycles. The van der Waals surface area contributed by atoms with E-state index in [4.69, 9.17) is 36.8 Å². The van der Waals surface area contributed by atoms with Crippen LogP contribution in [-0.2, 0) is 37.0 Å². The van der Waals surface area contributed by atoms with Crippen molar-refractivity contribution in [2.45, 2.75) is 76.5 Å². The van der Waals surface area contributed by atoms with Crippen LogP contribution < -0.4 is 20.7 Å². The Morgan fingerprint density at radius 1 is 1.18 bits per heavy atom. The third-order valence-electron chi connectivity index (χ3n) is 9.89. The number of hydrogen-bond acceptors (Lipinski definition) is 9. The lowest BCUT2D eigenvalue weighted by Gasteiger charge is -2.47. The predicted octanol–water partition coefficient (Wildman–Crippen LogP) is 5.83. The first kappa shape index (κ1) is 35.8. The van der Waals surface area contributed by atoms with Gasteiger partial charge < -0.3 is 25.4 Å². The lowest BCUT2D eigenvalue weighted by molar-refractivity contribution is -0.139. The van der Waals surface area contributed by atoms with E-state index in [1.54, 1.807) is 7.05 Å². The van der Waals surface area contributed by atoms with Gasteiger partial charge in [-0.1, -0.05) is 11.6 Å². The van der Waals surface area contributed by atoms with Crippen LogP contribution in [-0.4, -0.2) is 69.4 Å². The van der Waals surface area contributed by atoms with E-state index in [1.165, 1.54) is 6.07 Å². The Kier molecular flexibility index (Phi) is 9.98. The summed E-state index contributed by atoms with van der Waals surface area (Å²) in [5, 5.41) is 6.75. The van der Waals surface area contributed by atoms with E-state index in [2.05, 4.69) is 26.8 Å². The van der Waals surface area contributed by atoms with Gasteiger partial charge in [0.1, 0.15) is 12.4 Å². The molecule has 2 aromatic heterocycles. The number of alkyl halides is 3. The average molecular weight is 725 g/mol. The van der Waals surface area contributed by atoms with Gasteiger partial charge in [-0.15, -0.1) is 0 Å². The van der Waals surface area contributed by atoms with Gasteiger partial charge in [-0.05, 0) is 63.4 Å². The van der Waals surface area contributed by atoms with Gasteiger partial charge in [0.25, 0.3) is 12.0 Å². The number of benzene rings is 1. The minimum atomic E-state index is -4.70. The summed E-state index contributed by atoms with van der Waals surface area (Å²) in [4.78, 5) is 26.7. The molecule has 4 aliphatic heterocycles. The summed E-state index contributed by atoms with van der Waals surface area (Å²) in [7, 11) is 1.57. The lowest BCUT2D eigenvalue weighted by atomic mass is 9.86. The number of amides is 1. The molecule has 3 aromatic rings. The topological polar surface area (TPSA) is 124 Å². The monoisotopic (exact) mass is 724 g/mol. The summed E-state index contributed by atoms with van der Waals surface area (Å²) < 4.78 is 77.1. The molecule has 7 rings (SSSR count). The molecule has 2 saturated heterocycles. The summed E-state index contributed by atoms with van der Waals surface area (Å²) in [6, 6.07) is 2.56. The van der Waals surface area contributed by atoms with Crippen molar-refractivity contribution >= 4 is 29.0 Å². The van der Waals surface area contributed by atoms with Gasteiger partial charge in [-0.2, -0.15) is 37.0 Å². The summed E-state index contributed by atoms with van der Waals surface area (Å²) in [5.74, 6) is 0.348. The molecule has 1 aromatic carbocycles. The van der Waals surface area contributed by atoms with Crippen LogP contribution in [0.4, 0.5) is 33.5 Å². The van der Waals surface area contributed by atoms with E-state index in [0.29, 0.717) is 49.0 Å². The Morgan fingerprint density at radius 2 is 1.94 bits per heavy atom. The quantitative estimate of drug-likeness (QED) is 0.239. The highest BCUT2D eigenvalue weighted by atomic mass is 35.5. The smallest absolute Gasteiger partial charge is 0.418 e. The molecule has 4 aliphatic rings. The maximum atomic E-state index is 14.2. The average Bonchev–Trinajstić information content (AvgIpc) is 3.39. The van der Waals surface area contributed by atoms with E-state index in [1.807, 2.05) is 11.6 Å². The minimum Gasteiger partial charge on any atom is -0.461 e. The highest BCUT2D eigenvalue weighted by molar-refractivity contribution is 6.31. The number of carbonyl (C=O) groups excluding carboxylic acids is 1. The number of nitrogens with zero attached hydrogens (tertiary/aromatic N) is 6. The van der Waals surface area contributed by atoms with Gasteiger partial charge in [-0.25, -0.2) is 0 Å². The van der Waals surface area contributed by atoms with E-state index in [9.17, 15) is 26.7 Å². The number of fused-ring (bicyclic) bond motifs is 3. The largest absolute Gasteiger partial charge is 0.461 e. The van der Waals surface area contributed by atoms with E-state index < -0.39 is 28.9 Å². The Morgan fingerprint density at radius 3 is 2.60 bits per heavy atom. The molecule has 0 bridgehead atoms. The number of nitrogens with one attached hydrogen (secondary N) is 1. The van der Waals surface area contributed by atoms with E-state index in [-0.39, 0.29) is 41.7 Å². The SMILES string of the molecule is C=C(F)F.CNC(=O)c1nn2c(c1C)CN(c1nc(OCC34CCCN3CC4)nc3c1COC(c1cc(N)cc(Cl)c1C(F)(F)F)C3)CCC2. The van der Waals surface area contributed by atoms with Gasteiger partial charge in [0.15, 0.2) is 5.69 Å². The summed E-state index contributed by atoms with van der Waals surface area (Å²) in [5.41, 5.74) is 8.24. The lowest BCUT2D eigenvalue weighted by Crippen LogP contribution is -2.59. The third-order valence-corrected chi connectivity index (χ3v) is 10.2. The van der Waals surface area contributed by atoms with Gasteiger partial charge in [0, 0.05) is 49.9 Å². The molecule has 6 heterocycles. The second-order valence-electron chi connectivity index (χ2n) is 12.9. The molecule has 270 valence electrons. The third kappa shape index (κ3) is 6.97. The molecule has 2 unspecified atom stereocenters. The summed E-state index contributed by atoms with van der Waals surface area (Å²) in [6.07, 6.45) is -3.55. The number of rotatable bonds is 6. The highest BCUT2D eigenvalue weighted by Crippen LogP contribution is 2.45. The van der Waals surface area contributed by atoms with Crippen molar-refractivity contribution in [1.29, 1.82) is 0 Å². The Hall–Kier alpha value is -4.02. The molecular weight excluding hydrogens is 687 g/mol. The standard InChI is InChI=1S/C31H36ClF3N8O3.C2H2F2/c1-17-23-14-41(7-4-9-43(23)40-26(17)28(44)37-2)27-20-15-45-24(19-11-18(36)12-21(32)25(19)31(33,34)35)13-22(20)38-29(39-27)46-16-30-5-3-8-42(30)10-6-30;1-2(3)4/h11-12,24H,3-10,13-16,36H2,1-2H3,(H,37,44);1H2. The fourth-order valence-electron chi connectivity index (χ4n) is 7.37. The van der Waals surface area contributed by atoms with Gasteiger partial charge >= 0.3 is 12.2 Å². The van der Waals surface area contributed by atoms with Crippen molar-refractivity contribution in [3.63, 3.8) is 0 Å². The van der Waals surface area contributed by atoms with E-state index >= 15 is 0 Å². The Labute approximate surface area is 290 Å². The van der Waals surface area contributed by atoms with Crippen molar-refractivity contribution in [3.05, 3.63) is 69.2 Å². The number of hydrogen-bond donors (Lipinski definition) is 2. The maximum Gasteiger partial charge on any atom is 0.418 e. The van der Waals surface area contributed by atoms with Crippen molar-refractivity contribution in [2.75, 3.05) is 43.9 Å². The second kappa shape index (κ2) is 13.9. The number of aromatic nitrogens is 4. The highest BCUT2D eigenvalue weighted by Gasteiger charge is 2.48. The van der Waals surface area contributed by atoms with Crippen LogP contribution in [0.15, 0.2) is 24.8 Å². The number of anilines is 2. The van der Waals surface area contributed by atoms with Crippen LogP contribution in [0.1, 0.15) is 75.9 Å². The zero-order valence-electron chi connectivity index (χ0n) is 27.7. The summed E-state index contributed by atoms with van der Waals surface area (Å²) >= 11 is 6.08. The van der Waals surface area contributed by atoms with Crippen LogP contribution >= 0.6 is 11.6 Å². The van der Waals surface area contributed by atoms with Gasteiger partial charge in [-0.3, -0.25) is 14.4 Å². The van der Waals surface area contributed by atoms with E-state index in [0.717, 1.165) is 56.1 Å². The molecule has 2 fully saturated rings. The maximum absolute atomic E-state index is 14.2.